The van der Waals surface area contributed by atoms with Gasteiger partial charge < -0.3 is 15.2 Å². The number of phenols is 1. The number of hydrogen-bond acceptors (Lipinski definition) is 8. The summed E-state index contributed by atoms with van der Waals surface area (Å²) in [6.07, 6.45) is 0. The zero-order valence-electron chi connectivity index (χ0n) is 15.7. The zero-order chi connectivity index (χ0) is 20.5. The Morgan fingerprint density at radius 2 is 1.93 bits per heavy atom. The first-order valence-electron chi connectivity index (χ1n) is 8.77. The van der Waals surface area contributed by atoms with Gasteiger partial charge in [0.2, 0.25) is 5.95 Å². The van der Waals surface area contributed by atoms with Gasteiger partial charge in [0.1, 0.15) is 17.5 Å². The molecule has 0 fully saturated rings. The summed E-state index contributed by atoms with van der Waals surface area (Å²) in [5.74, 6) is -0.913. The van der Waals surface area contributed by atoms with Crippen molar-refractivity contribution in [1.29, 1.82) is 0 Å². The number of methoxy groups -OCH3 is 1. The van der Waals surface area contributed by atoms with E-state index in [0.29, 0.717) is 11.1 Å². The highest BCUT2D eigenvalue weighted by molar-refractivity contribution is 6.14. The third-order valence-corrected chi connectivity index (χ3v) is 4.65. The number of hydrogen-bond donors (Lipinski definition) is 2. The van der Waals surface area contributed by atoms with Crippen LogP contribution in [0.2, 0.25) is 0 Å². The Kier molecular flexibility index (Phi) is 4.55. The van der Waals surface area contributed by atoms with E-state index in [1.54, 1.807) is 24.3 Å². The molecule has 3 aromatic rings. The van der Waals surface area contributed by atoms with E-state index in [1.807, 2.05) is 19.1 Å². The number of aromatic nitrogens is 4. The first-order chi connectivity index (χ1) is 14.0. The minimum Gasteiger partial charge on any atom is -0.508 e. The van der Waals surface area contributed by atoms with Crippen molar-refractivity contribution in [3.05, 3.63) is 76.5 Å². The monoisotopic (exact) mass is 391 g/mol. The minimum absolute atomic E-state index is 0.0115. The lowest BCUT2D eigenvalue weighted by Crippen LogP contribution is -2.32. The molecule has 29 heavy (non-hydrogen) atoms. The van der Waals surface area contributed by atoms with Crippen molar-refractivity contribution in [2.75, 3.05) is 12.4 Å². The van der Waals surface area contributed by atoms with Gasteiger partial charge in [-0.25, -0.2) is 4.79 Å². The molecule has 0 saturated heterocycles. The fourth-order valence-electron chi connectivity index (χ4n) is 3.25. The smallest absolute Gasteiger partial charge is 0.355 e. The van der Waals surface area contributed by atoms with Gasteiger partial charge in [-0.3, -0.25) is 4.79 Å². The van der Waals surface area contributed by atoms with Gasteiger partial charge in [0.25, 0.3) is 0 Å². The topological polar surface area (TPSA) is 119 Å². The number of fused-ring (bicyclic) bond motifs is 1. The van der Waals surface area contributed by atoms with Crippen LogP contribution in [0.25, 0.3) is 0 Å². The highest BCUT2D eigenvalue weighted by Gasteiger charge is 2.38. The van der Waals surface area contributed by atoms with Gasteiger partial charge in [0.15, 0.2) is 5.78 Å². The number of ether oxygens (including phenoxy) is 1. The summed E-state index contributed by atoms with van der Waals surface area (Å²) < 4.78 is 6.28. The number of tetrazole rings is 1. The van der Waals surface area contributed by atoms with Crippen LogP contribution < -0.4 is 5.32 Å². The van der Waals surface area contributed by atoms with Gasteiger partial charge >= 0.3 is 5.97 Å². The molecule has 2 heterocycles. The van der Waals surface area contributed by atoms with Crippen LogP contribution in [-0.2, 0) is 9.53 Å². The Hall–Kier alpha value is -4.01. The molecule has 0 saturated carbocycles. The standard InChI is InChI=1S/C20H17N5O4/c1-11-6-8-12(9-7-11)18(27)15-16(19(28)29-2)21-20-22-23-24-25(20)17(15)13-4-3-5-14(26)10-13/h3-10,17,26H,1-2H3,(H,21,22,24)/t17-/m0/s1. The molecule has 0 spiro atoms. The maximum absolute atomic E-state index is 13.5. The number of carbonyl (C=O) groups excluding carboxylic acids is 2. The van der Waals surface area contributed by atoms with Crippen LogP contribution in [0.5, 0.6) is 5.75 Å². The molecular weight excluding hydrogens is 374 g/mol. The second kappa shape index (κ2) is 7.19. The van der Waals surface area contributed by atoms with E-state index >= 15 is 0 Å². The molecule has 1 aliphatic rings. The van der Waals surface area contributed by atoms with Crippen molar-refractivity contribution in [1.82, 2.24) is 20.2 Å². The lowest BCUT2D eigenvalue weighted by molar-refractivity contribution is -0.136. The highest BCUT2D eigenvalue weighted by Crippen LogP contribution is 2.37. The third kappa shape index (κ3) is 3.22. The summed E-state index contributed by atoms with van der Waals surface area (Å²) in [6.45, 7) is 1.92. The van der Waals surface area contributed by atoms with Gasteiger partial charge in [0, 0.05) is 5.56 Å². The fourth-order valence-corrected chi connectivity index (χ4v) is 3.25. The molecule has 1 aromatic heterocycles. The van der Waals surface area contributed by atoms with E-state index in [0.717, 1.165) is 5.56 Å². The van der Waals surface area contributed by atoms with Gasteiger partial charge in [-0.15, -0.1) is 0 Å². The second-order valence-electron chi connectivity index (χ2n) is 6.54. The molecule has 9 nitrogen and oxygen atoms in total. The number of rotatable bonds is 4. The number of ketones is 1. The number of carbonyl (C=O) groups is 2. The number of benzene rings is 2. The first-order valence-corrected chi connectivity index (χ1v) is 8.77. The number of allylic oxidation sites excluding steroid dienone is 1. The summed E-state index contributed by atoms with van der Waals surface area (Å²) in [6, 6.07) is 12.5. The number of phenolic OH excluding ortho intramolecular Hbond substituents is 1. The maximum Gasteiger partial charge on any atom is 0.355 e. The summed E-state index contributed by atoms with van der Waals surface area (Å²) >= 11 is 0. The zero-order valence-corrected chi connectivity index (χ0v) is 15.7. The molecule has 0 radical (unpaired) electrons. The average molecular weight is 391 g/mol. The Morgan fingerprint density at radius 1 is 1.17 bits per heavy atom. The highest BCUT2D eigenvalue weighted by atomic mass is 16.5. The molecular formula is C20H17N5O4. The van der Waals surface area contributed by atoms with E-state index in [2.05, 4.69) is 20.8 Å². The average Bonchev–Trinajstić information content (AvgIpc) is 3.20. The number of aryl methyl sites for hydroxylation is 1. The molecule has 1 atom stereocenters. The van der Waals surface area contributed by atoms with Crippen molar-refractivity contribution in [3.63, 3.8) is 0 Å². The van der Waals surface area contributed by atoms with Crippen molar-refractivity contribution in [2.45, 2.75) is 13.0 Å². The molecule has 4 rings (SSSR count). The SMILES string of the molecule is COC(=O)C1=C(C(=O)c2ccc(C)cc2)[C@H](c2cccc(O)c2)n2nnnc2N1. The lowest BCUT2D eigenvalue weighted by atomic mass is 9.89. The number of esters is 1. The van der Waals surface area contributed by atoms with Crippen LogP contribution >= 0.6 is 0 Å². The van der Waals surface area contributed by atoms with Gasteiger partial charge in [-0.05, 0) is 35.0 Å². The van der Waals surface area contributed by atoms with Crippen molar-refractivity contribution >= 4 is 17.7 Å². The molecule has 0 bridgehead atoms. The summed E-state index contributed by atoms with van der Waals surface area (Å²) in [4.78, 5) is 26.0. The van der Waals surface area contributed by atoms with Gasteiger partial charge in [-0.2, -0.15) is 4.68 Å². The molecule has 0 unspecified atom stereocenters. The molecule has 0 aliphatic carbocycles. The van der Waals surface area contributed by atoms with Crippen molar-refractivity contribution in [2.24, 2.45) is 0 Å². The number of aromatic hydroxyl groups is 1. The molecule has 146 valence electrons. The number of nitrogens with one attached hydrogen (secondary N) is 1. The molecule has 2 N–H and O–H groups in total. The second-order valence-corrected chi connectivity index (χ2v) is 6.54. The molecule has 1 aliphatic heterocycles. The predicted molar refractivity (Wildman–Crippen MR) is 102 cm³/mol. The van der Waals surface area contributed by atoms with Gasteiger partial charge in [0.05, 0.1) is 12.7 Å². The Labute approximate surface area is 165 Å². The normalized spacial score (nSPS) is 15.4. The molecule has 9 heteroatoms. The number of anilines is 1. The van der Waals surface area contributed by atoms with Gasteiger partial charge in [-0.1, -0.05) is 47.1 Å². The van der Waals surface area contributed by atoms with Crippen LogP contribution in [0.15, 0.2) is 59.8 Å². The summed E-state index contributed by atoms with van der Waals surface area (Å²) in [5.41, 5.74) is 2.00. The number of Topliss-reactive ketones (excluding diaryl/α,β-unsaturated/α-hetero) is 1. The van der Waals surface area contributed by atoms with Crippen molar-refractivity contribution in [3.8, 4) is 5.75 Å². The first kappa shape index (κ1) is 18.4. The fraction of sp³-hybridized carbons (Fsp3) is 0.150. The van der Waals surface area contributed by atoms with Crippen LogP contribution in [0.3, 0.4) is 0 Å². The quantitative estimate of drug-likeness (QED) is 0.512. The minimum atomic E-state index is -0.837. The van der Waals surface area contributed by atoms with Crippen LogP contribution in [0, 0.1) is 6.92 Å². The molecule has 0 amide bonds. The maximum atomic E-state index is 13.5. The van der Waals surface area contributed by atoms with Crippen LogP contribution in [0.4, 0.5) is 5.95 Å². The van der Waals surface area contributed by atoms with E-state index < -0.39 is 12.0 Å². The molecule has 2 aromatic carbocycles. The van der Waals surface area contributed by atoms with Crippen LogP contribution in [-0.4, -0.2) is 44.2 Å². The number of nitrogens with zero attached hydrogens (tertiary/aromatic N) is 4. The summed E-state index contributed by atoms with van der Waals surface area (Å²) in [5, 5.41) is 24.3. The Balaban J connectivity index is 1.95. The van der Waals surface area contributed by atoms with E-state index in [-0.39, 0.29) is 28.8 Å². The largest absolute Gasteiger partial charge is 0.508 e. The van der Waals surface area contributed by atoms with Crippen molar-refractivity contribution < 1.29 is 19.4 Å². The van der Waals surface area contributed by atoms with E-state index in [4.69, 9.17) is 4.74 Å². The van der Waals surface area contributed by atoms with Crippen LogP contribution in [0.1, 0.15) is 27.5 Å². The van der Waals surface area contributed by atoms with E-state index in [1.165, 1.54) is 23.9 Å². The lowest BCUT2D eigenvalue weighted by Gasteiger charge is -2.28. The Morgan fingerprint density at radius 3 is 2.62 bits per heavy atom. The Bertz CT molecular complexity index is 1130. The predicted octanol–water partition coefficient (Wildman–Crippen LogP) is 2.01. The summed E-state index contributed by atoms with van der Waals surface area (Å²) in [7, 11) is 1.23. The third-order valence-electron chi connectivity index (χ3n) is 4.65. The van der Waals surface area contributed by atoms with E-state index in [9.17, 15) is 14.7 Å².